The van der Waals surface area contributed by atoms with E-state index < -0.39 is 0 Å². The van der Waals surface area contributed by atoms with E-state index in [9.17, 15) is 0 Å². The van der Waals surface area contributed by atoms with E-state index in [2.05, 4.69) is 62.3 Å². The minimum atomic E-state index is 0.250. The van der Waals surface area contributed by atoms with Crippen molar-refractivity contribution in [1.29, 1.82) is 0 Å². The van der Waals surface area contributed by atoms with Gasteiger partial charge in [-0.2, -0.15) is 0 Å². The van der Waals surface area contributed by atoms with Gasteiger partial charge < -0.3 is 9.47 Å². The Morgan fingerprint density at radius 2 is 1.81 bits per heavy atom. The number of benzene rings is 1. The number of rotatable bonds is 6. The molecule has 0 radical (unpaired) electrons. The monoisotopic (exact) mass is 373 g/mol. The van der Waals surface area contributed by atoms with Gasteiger partial charge in [0.2, 0.25) is 0 Å². The second-order valence-electron chi connectivity index (χ2n) is 9.14. The van der Waals surface area contributed by atoms with Crippen LogP contribution in [0.4, 0.5) is 0 Å². The molecule has 4 heteroatoms. The summed E-state index contributed by atoms with van der Waals surface area (Å²) in [5, 5.41) is 0.600. The molecule has 1 aromatic carbocycles. The number of fused-ring (bicyclic) bond motifs is 1. The van der Waals surface area contributed by atoms with Crippen LogP contribution in [0.15, 0.2) is 23.1 Å². The van der Waals surface area contributed by atoms with Gasteiger partial charge in [-0.05, 0) is 49.5 Å². The third-order valence-electron chi connectivity index (χ3n) is 4.95. The van der Waals surface area contributed by atoms with E-state index in [1.165, 1.54) is 48.6 Å². The minimum Gasteiger partial charge on any atom is -0.327 e. The number of likely N-dealkylation sites (tertiary alicyclic amines) is 1. The molecule has 0 unspecified atom stereocenters. The van der Waals surface area contributed by atoms with Crippen molar-refractivity contribution in [3.05, 3.63) is 24.0 Å². The zero-order chi connectivity index (χ0) is 18.7. The van der Waals surface area contributed by atoms with E-state index in [4.69, 9.17) is 4.98 Å². The van der Waals surface area contributed by atoms with Crippen LogP contribution < -0.4 is 0 Å². The maximum absolute atomic E-state index is 5.06. The molecule has 2 aromatic rings. The van der Waals surface area contributed by atoms with Crippen molar-refractivity contribution in [2.24, 2.45) is 5.41 Å². The maximum atomic E-state index is 5.06. The zero-order valence-electron chi connectivity index (χ0n) is 17.2. The number of imidazole rings is 1. The Hall–Kier alpha value is -1.00. The molecule has 3 nitrogen and oxygen atoms in total. The summed E-state index contributed by atoms with van der Waals surface area (Å²) < 4.78 is 2.49. The van der Waals surface area contributed by atoms with Crippen molar-refractivity contribution in [2.45, 2.75) is 77.0 Å². The Bertz CT molecular complexity index is 721. The van der Waals surface area contributed by atoms with Gasteiger partial charge in [0.15, 0.2) is 0 Å². The Labute approximate surface area is 163 Å². The molecule has 26 heavy (non-hydrogen) atoms. The summed E-state index contributed by atoms with van der Waals surface area (Å²) in [6.45, 7) is 16.1. The number of piperidine rings is 1. The van der Waals surface area contributed by atoms with Gasteiger partial charge >= 0.3 is 0 Å². The molecule has 0 bridgehead atoms. The lowest BCUT2D eigenvalue weighted by molar-refractivity contribution is 0.220. The molecule has 0 spiro atoms. The van der Waals surface area contributed by atoms with Gasteiger partial charge in [-0.1, -0.05) is 41.0 Å². The predicted molar refractivity (Wildman–Crippen MR) is 114 cm³/mol. The molecule has 2 heterocycles. The lowest BCUT2D eigenvalue weighted by Crippen LogP contribution is -2.33. The van der Waals surface area contributed by atoms with E-state index in [1.807, 2.05) is 11.8 Å². The highest BCUT2D eigenvalue weighted by Crippen LogP contribution is 2.29. The number of hydrogen-bond donors (Lipinski definition) is 0. The fourth-order valence-corrected chi connectivity index (χ4v) is 4.66. The average molecular weight is 374 g/mol. The Balaban J connectivity index is 1.87. The molecule has 0 atom stereocenters. The number of aromatic nitrogens is 2. The van der Waals surface area contributed by atoms with Gasteiger partial charge in [0, 0.05) is 29.7 Å². The number of hydrogen-bond acceptors (Lipinski definition) is 3. The van der Waals surface area contributed by atoms with Gasteiger partial charge in [-0.25, -0.2) is 4.98 Å². The Morgan fingerprint density at radius 1 is 1.08 bits per heavy atom. The van der Waals surface area contributed by atoms with Crippen molar-refractivity contribution in [3.63, 3.8) is 0 Å². The van der Waals surface area contributed by atoms with Gasteiger partial charge in [0.1, 0.15) is 5.82 Å². The van der Waals surface area contributed by atoms with Crippen LogP contribution in [-0.4, -0.2) is 39.3 Å². The van der Waals surface area contributed by atoms with Crippen LogP contribution in [-0.2, 0) is 13.0 Å². The molecule has 1 aromatic heterocycles. The maximum Gasteiger partial charge on any atom is 0.110 e. The van der Waals surface area contributed by atoms with E-state index in [1.54, 1.807) is 0 Å². The second kappa shape index (κ2) is 8.35. The molecule has 144 valence electrons. The molecule has 0 N–H and O–H groups in total. The number of thioether (sulfide) groups is 1. The van der Waals surface area contributed by atoms with Crippen molar-refractivity contribution in [1.82, 2.24) is 14.5 Å². The molecule has 0 aliphatic carbocycles. The summed E-state index contributed by atoms with van der Waals surface area (Å²) in [7, 11) is 0. The van der Waals surface area contributed by atoms with Crippen LogP contribution in [0.3, 0.4) is 0 Å². The molecule has 0 amide bonds. The summed E-state index contributed by atoms with van der Waals surface area (Å²) in [6, 6.07) is 6.84. The van der Waals surface area contributed by atoms with Gasteiger partial charge in [-0.3, -0.25) is 0 Å². The summed E-state index contributed by atoms with van der Waals surface area (Å²) in [5.74, 6) is 1.25. The van der Waals surface area contributed by atoms with E-state index >= 15 is 0 Å². The fourth-order valence-electron chi connectivity index (χ4n) is 3.79. The highest BCUT2D eigenvalue weighted by molar-refractivity contribution is 7.99. The standard InChI is InChI=1S/C22H35N3S/c1-17(2)26-18-9-10-20-19(15-18)23-21(16-22(3,4)5)25(20)14-13-24-11-7-6-8-12-24/h9-10,15,17H,6-8,11-14,16H2,1-5H3. The van der Waals surface area contributed by atoms with Crippen molar-refractivity contribution in [3.8, 4) is 0 Å². The van der Waals surface area contributed by atoms with Crippen LogP contribution in [0, 0.1) is 5.41 Å². The second-order valence-corrected chi connectivity index (χ2v) is 10.8. The van der Waals surface area contributed by atoms with Crippen LogP contribution in [0.2, 0.25) is 0 Å². The van der Waals surface area contributed by atoms with E-state index in [0.29, 0.717) is 5.25 Å². The third-order valence-corrected chi connectivity index (χ3v) is 5.95. The van der Waals surface area contributed by atoms with Gasteiger partial charge in [-0.15, -0.1) is 11.8 Å². The molecule has 0 saturated carbocycles. The first kappa shape index (κ1) is 19.8. The normalized spacial score (nSPS) is 16.7. The van der Waals surface area contributed by atoms with Crippen LogP contribution >= 0.6 is 11.8 Å². The topological polar surface area (TPSA) is 21.1 Å². The first-order chi connectivity index (χ1) is 12.3. The predicted octanol–water partition coefficient (Wildman–Crippen LogP) is 5.61. The lowest BCUT2D eigenvalue weighted by atomic mass is 9.92. The first-order valence-corrected chi connectivity index (χ1v) is 11.1. The Morgan fingerprint density at radius 3 is 2.46 bits per heavy atom. The van der Waals surface area contributed by atoms with Crippen molar-refractivity contribution in [2.75, 3.05) is 19.6 Å². The SMILES string of the molecule is CC(C)Sc1ccc2c(c1)nc(CC(C)(C)C)n2CCN1CCCCC1. The molecule has 3 rings (SSSR count). The fraction of sp³-hybridized carbons (Fsp3) is 0.682. The molecule has 1 fully saturated rings. The van der Waals surface area contributed by atoms with Crippen LogP contribution in [0.1, 0.15) is 59.7 Å². The largest absolute Gasteiger partial charge is 0.327 e. The van der Waals surface area contributed by atoms with E-state index in [-0.39, 0.29) is 5.41 Å². The first-order valence-electron chi connectivity index (χ1n) is 10.2. The highest BCUT2D eigenvalue weighted by Gasteiger charge is 2.19. The summed E-state index contributed by atoms with van der Waals surface area (Å²) in [5.41, 5.74) is 2.71. The van der Waals surface area contributed by atoms with Crippen molar-refractivity contribution < 1.29 is 0 Å². The summed E-state index contributed by atoms with van der Waals surface area (Å²) in [6.07, 6.45) is 5.13. The molecule has 1 saturated heterocycles. The van der Waals surface area contributed by atoms with Crippen molar-refractivity contribution >= 4 is 22.8 Å². The molecule has 1 aliphatic heterocycles. The van der Waals surface area contributed by atoms with E-state index in [0.717, 1.165) is 25.0 Å². The molecule has 1 aliphatic rings. The Kier molecular flexibility index (Phi) is 6.34. The molecular formula is C22H35N3S. The zero-order valence-corrected chi connectivity index (χ0v) is 18.0. The van der Waals surface area contributed by atoms with Crippen LogP contribution in [0.25, 0.3) is 11.0 Å². The molecular weight excluding hydrogens is 338 g/mol. The smallest absolute Gasteiger partial charge is 0.110 e. The van der Waals surface area contributed by atoms with Crippen LogP contribution in [0.5, 0.6) is 0 Å². The number of nitrogens with zero attached hydrogens (tertiary/aromatic N) is 3. The summed E-state index contributed by atoms with van der Waals surface area (Å²) in [4.78, 5) is 9.01. The lowest BCUT2D eigenvalue weighted by Gasteiger charge is -2.27. The quantitative estimate of drug-likeness (QED) is 0.614. The third kappa shape index (κ3) is 5.26. The van der Waals surface area contributed by atoms with Gasteiger partial charge in [0.05, 0.1) is 11.0 Å². The minimum absolute atomic E-state index is 0.250. The summed E-state index contributed by atoms with van der Waals surface area (Å²) >= 11 is 1.92. The average Bonchev–Trinajstić information content (AvgIpc) is 2.87. The highest BCUT2D eigenvalue weighted by atomic mass is 32.2. The van der Waals surface area contributed by atoms with Gasteiger partial charge in [0.25, 0.3) is 0 Å².